The molecule has 0 amide bonds. The van der Waals surface area contributed by atoms with Gasteiger partial charge in [-0.2, -0.15) is 0 Å². The predicted molar refractivity (Wildman–Crippen MR) is 50.0 cm³/mol. The molecule has 70 valence electrons. The average Bonchev–Trinajstić information content (AvgIpc) is 2.08. The first-order valence-electron chi connectivity index (χ1n) is 3.91. The van der Waals surface area contributed by atoms with Crippen molar-refractivity contribution in [2.24, 2.45) is 0 Å². The maximum absolute atomic E-state index is 10.3. The minimum atomic E-state index is -0.480. The summed E-state index contributed by atoms with van der Waals surface area (Å²) in [5.41, 5.74) is 1.06. The minimum Gasteiger partial charge on any atom is -0.393 e. The van der Waals surface area contributed by atoms with Crippen molar-refractivity contribution in [1.82, 2.24) is 4.98 Å². The van der Waals surface area contributed by atoms with Crippen LogP contribution in [0.4, 0.5) is 0 Å². The number of aliphatic hydroxyl groups excluding tert-OH is 1. The Morgan fingerprint density at radius 2 is 2.46 bits per heavy atom. The number of aldehydes is 1. The molecule has 0 radical (unpaired) electrons. The summed E-state index contributed by atoms with van der Waals surface area (Å²) < 4.78 is 0. The number of halogens is 1. The SMILES string of the molecule is CC(O)Cc1ncc(C=O)cc1Cl. The number of aliphatic hydroxyl groups is 1. The highest BCUT2D eigenvalue weighted by Crippen LogP contribution is 2.15. The molecule has 0 saturated heterocycles. The zero-order valence-electron chi connectivity index (χ0n) is 7.20. The van der Waals surface area contributed by atoms with Gasteiger partial charge < -0.3 is 5.11 Å². The van der Waals surface area contributed by atoms with Crippen molar-refractivity contribution in [2.75, 3.05) is 0 Å². The number of hydrogen-bond acceptors (Lipinski definition) is 3. The number of carbonyl (C=O) groups is 1. The maximum atomic E-state index is 10.3. The van der Waals surface area contributed by atoms with Gasteiger partial charge in [0.25, 0.3) is 0 Å². The average molecular weight is 200 g/mol. The Labute approximate surface area is 81.4 Å². The molecule has 0 spiro atoms. The van der Waals surface area contributed by atoms with E-state index < -0.39 is 6.10 Å². The van der Waals surface area contributed by atoms with Gasteiger partial charge in [0.2, 0.25) is 0 Å². The van der Waals surface area contributed by atoms with Crippen LogP contribution in [-0.4, -0.2) is 22.5 Å². The fraction of sp³-hybridized carbons (Fsp3) is 0.333. The first kappa shape index (κ1) is 10.2. The van der Waals surface area contributed by atoms with Crippen molar-refractivity contribution in [3.05, 3.63) is 28.5 Å². The third-order valence-corrected chi connectivity index (χ3v) is 1.89. The number of rotatable bonds is 3. The lowest BCUT2D eigenvalue weighted by atomic mass is 10.2. The molecule has 0 aliphatic heterocycles. The summed E-state index contributed by atoms with van der Waals surface area (Å²) in [6.45, 7) is 1.66. The molecule has 1 aromatic heterocycles. The molecule has 0 aliphatic carbocycles. The molecule has 0 bridgehead atoms. The van der Waals surface area contributed by atoms with Gasteiger partial charge in [0.1, 0.15) is 0 Å². The van der Waals surface area contributed by atoms with E-state index in [4.69, 9.17) is 16.7 Å². The molecular formula is C9H10ClNO2. The molecule has 1 N–H and O–H groups in total. The zero-order valence-corrected chi connectivity index (χ0v) is 7.95. The third kappa shape index (κ3) is 2.79. The summed E-state index contributed by atoms with van der Waals surface area (Å²) in [6.07, 6.45) is 2.05. The van der Waals surface area contributed by atoms with Gasteiger partial charge in [-0.25, -0.2) is 0 Å². The first-order chi connectivity index (χ1) is 6.13. The lowest BCUT2D eigenvalue weighted by Gasteiger charge is -2.05. The van der Waals surface area contributed by atoms with Crippen LogP contribution in [0.2, 0.25) is 5.02 Å². The standard InChI is InChI=1S/C9H10ClNO2/c1-6(13)2-9-8(10)3-7(5-12)4-11-9/h3-6,13H,2H2,1H3. The van der Waals surface area contributed by atoms with Crippen molar-refractivity contribution in [3.63, 3.8) is 0 Å². The molecule has 1 rings (SSSR count). The van der Waals surface area contributed by atoms with E-state index in [2.05, 4.69) is 4.98 Å². The van der Waals surface area contributed by atoms with Crippen LogP contribution in [0.3, 0.4) is 0 Å². The summed E-state index contributed by atoms with van der Waals surface area (Å²) in [5, 5.41) is 9.51. The van der Waals surface area contributed by atoms with Crippen LogP contribution in [-0.2, 0) is 6.42 Å². The maximum Gasteiger partial charge on any atom is 0.151 e. The molecule has 4 heteroatoms. The van der Waals surface area contributed by atoms with Crippen LogP contribution in [0, 0.1) is 0 Å². The van der Waals surface area contributed by atoms with E-state index in [0.717, 1.165) is 0 Å². The lowest BCUT2D eigenvalue weighted by Crippen LogP contribution is -2.06. The van der Waals surface area contributed by atoms with Crippen molar-refractivity contribution < 1.29 is 9.90 Å². The van der Waals surface area contributed by atoms with Crippen LogP contribution in [0.1, 0.15) is 23.0 Å². The number of hydrogen-bond donors (Lipinski definition) is 1. The fourth-order valence-corrected chi connectivity index (χ4v) is 1.23. The van der Waals surface area contributed by atoms with E-state index in [1.807, 2.05) is 0 Å². The molecule has 0 aromatic carbocycles. The molecule has 0 saturated carbocycles. The molecule has 13 heavy (non-hydrogen) atoms. The monoisotopic (exact) mass is 199 g/mol. The van der Waals surface area contributed by atoms with Gasteiger partial charge in [-0.3, -0.25) is 9.78 Å². The minimum absolute atomic E-state index is 0.401. The fourth-order valence-electron chi connectivity index (χ4n) is 0.975. The summed E-state index contributed by atoms with van der Waals surface area (Å²) in [5.74, 6) is 0. The molecule has 1 aromatic rings. The van der Waals surface area contributed by atoms with Gasteiger partial charge in [-0.15, -0.1) is 0 Å². The number of aromatic nitrogens is 1. The van der Waals surface area contributed by atoms with Gasteiger partial charge in [0, 0.05) is 18.2 Å². The van der Waals surface area contributed by atoms with Crippen LogP contribution in [0.25, 0.3) is 0 Å². The second-order valence-corrected chi connectivity index (χ2v) is 3.28. The second kappa shape index (κ2) is 4.35. The summed E-state index contributed by atoms with van der Waals surface area (Å²) in [7, 11) is 0. The highest BCUT2D eigenvalue weighted by molar-refractivity contribution is 6.31. The van der Waals surface area contributed by atoms with Crippen molar-refractivity contribution in [2.45, 2.75) is 19.4 Å². The van der Waals surface area contributed by atoms with Crippen molar-refractivity contribution in [1.29, 1.82) is 0 Å². The lowest BCUT2D eigenvalue weighted by molar-refractivity contribution is 0.112. The van der Waals surface area contributed by atoms with Crippen molar-refractivity contribution >= 4 is 17.9 Å². The van der Waals surface area contributed by atoms with Gasteiger partial charge in [-0.1, -0.05) is 11.6 Å². The second-order valence-electron chi connectivity index (χ2n) is 2.87. The van der Waals surface area contributed by atoms with E-state index >= 15 is 0 Å². The Bertz CT molecular complexity index is 312. The topological polar surface area (TPSA) is 50.2 Å². The molecule has 1 unspecified atom stereocenters. The van der Waals surface area contributed by atoms with E-state index in [0.29, 0.717) is 29.0 Å². The summed E-state index contributed by atoms with van der Waals surface area (Å²) in [4.78, 5) is 14.3. The molecule has 1 heterocycles. The van der Waals surface area contributed by atoms with E-state index in [9.17, 15) is 4.79 Å². The Balaban J connectivity index is 2.91. The number of nitrogens with zero attached hydrogens (tertiary/aromatic N) is 1. The van der Waals surface area contributed by atoms with Gasteiger partial charge >= 0.3 is 0 Å². The normalized spacial score (nSPS) is 12.5. The largest absolute Gasteiger partial charge is 0.393 e. The van der Waals surface area contributed by atoms with Crippen LogP contribution in [0.15, 0.2) is 12.3 Å². The molecular weight excluding hydrogens is 190 g/mol. The molecule has 3 nitrogen and oxygen atoms in total. The smallest absolute Gasteiger partial charge is 0.151 e. The Hall–Kier alpha value is -0.930. The predicted octanol–water partition coefficient (Wildman–Crippen LogP) is 1.47. The Kier molecular flexibility index (Phi) is 3.39. The molecule has 0 aliphatic rings. The first-order valence-corrected chi connectivity index (χ1v) is 4.29. The molecule has 1 atom stereocenters. The molecule has 0 fully saturated rings. The van der Waals surface area contributed by atoms with Crippen molar-refractivity contribution in [3.8, 4) is 0 Å². The van der Waals surface area contributed by atoms with Gasteiger partial charge in [-0.05, 0) is 13.0 Å². The Morgan fingerprint density at radius 3 is 2.92 bits per heavy atom. The summed E-state index contributed by atoms with van der Waals surface area (Å²) in [6, 6.07) is 1.54. The zero-order chi connectivity index (χ0) is 9.84. The quantitative estimate of drug-likeness (QED) is 0.751. The third-order valence-electron chi connectivity index (χ3n) is 1.56. The highest BCUT2D eigenvalue weighted by Gasteiger charge is 2.06. The Morgan fingerprint density at radius 1 is 1.77 bits per heavy atom. The summed E-state index contributed by atoms with van der Waals surface area (Å²) >= 11 is 5.82. The highest BCUT2D eigenvalue weighted by atomic mass is 35.5. The van der Waals surface area contributed by atoms with Gasteiger partial charge in [0.15, 0.2) is 6.29 Å². The van der Waals surface area contributed by atoms with Crippen LogP contribution >= 0.6 is 11.6 Å². The van der Waals surface area contributed by atoms with E-state index in [-0.39, 0.29) is 0 Å². The van der Waals surface area contributed by atoms with E-state index in [1.54, 1.807) is 13.0 Å². The number of carbonyl (C=O) groups excluding carboxylic acids is 1. The number of pyridine rings is 1. The van der Waals surface area contributed by atoms with E-state index in [1.165, 1.54) is 6.20 Å². The van der Waals surface area contributed by atoms with Crippen LogP contribution in [0.5, 0.6) is 0 Å². The van der Waals surface area contributed by atoms with Crippen LogP contribution < -0.4 is 0 Å². The van der Waals surface area contributed by atoms with Gasteiger partial charge in [0.05, 0.1) is 16.8 Å².